The van der Waals surface area contributed by atoms with Gasteiger partial charge in [0.05, 0.1) is 19.6 Å². The van der Waals surface area contributed by atoms with E-state index in [0.29, 0.717) is 18.4 Å². The van der Waals surface area contributed by atoms with E-state index in [0.717, 1.165) is 49.4 Å². The first-order valence-corrected chi connectivity index (χ1v) is 11.4. The van der Waals surface area contributed by atoms with E-state index in [9.17, 15) is 4.79 Å². The van der Waals surface area contributed by atoms with Crippen LogP contribution in [-0.4, -0.2) is 43.0 Å². The highest BCUT2D eigenvalue weighted by Crippen LogP contribution is 2.64. The Morgan fingerprint density at radius 1 is 1.37 bits per heavy atom. The summed E-state index contributed by atoms with van der Waals surface area (Å²) in [6.45, 7) is 4.45. The zero-order valence-electron chi connectivity index (χ0n) is 17.8. The highest BCUT2D eigenvalue weighted by molar-refractivity contribution is 5.90. The number of carbonyl (C=O) groups is 1. The highest BCUT2D eigenvalue weighted by atomic mass is 16.5. The molecule has 0 N–H and O–H groups in total. The lowest BCUT2D eigenvalue weighted by atomic mass is 9.51. The van der Waals surface area contributed by atoms with Crippen LogP contribution in [0.1, 0.15) is 50.2 Å². The molecular weight excluding hydrogens is 378 g/mol. The summed E-state index contributed by atoms with van der Waals surface area (Å²) in [6, 6.07) is 4.58. The molecule has 4 aliphatic rings. The Kier molecular flexibility index (Phi) is 4.08. The fourth-order valence-electron chi connectivity index (χ4n) is 6.95. The summed E-state index contributed by atoms with van der Waals surface area (Å²) in [7, 11) is 1.69. The van der Waals surface area contributed by atoms with Gasteiger partial charge in [-0.1, -0.05) is 13.3 Å². The molecule has 1 saturated carbocycles. The molecule has 2 aromatic rings. The summed E-state index contributed by atoms with van der Waals surface area (Å²) >= 11 is 0. The lowest BCUT2D eigenvalue weighted by Crippen LogP contribution is -2.66. The molecule has 6 rings (SSSR count). The fraction of sp³-hybridized carbons (Fsp3) is 0.560. The molecule has 5 nitrogen and oxygen atoms in total. The molecule has 1 aromatic carbocycles. The maximum atomic E-state index is 13.1. The zero-order chi connectivity index (χ0) is 20.5. The van der Waals surface area contributed by atoms with Gasteiger partial charge >= 0.3 is 0 Å². The summed E-state index contributed by atoms with van der Waals surface area (Å²) in [5, 5.41) is 0. The fourth-order valence-corrected chi connectivity index (χ4v) is 6.95. The van der Waals surface area contributed by atoms with Crippen LogP contribution in [0.25, 0.3) is 11.1 Å². The molecular formula is C25H29NO4. The number of carbonyl (C=O) groups excluding carboxylic acids is 1. The van der Waals surface area contributed by atoms with Crippen molar-refractivity contribution in [3.05, 3.63) is 35.8 Å². The molecule has 2 aliphatic carbocycles. The quantitative estimate of drug-likeness (QED) is 0.737. The van der Waals surface area contributed by atoms with E-state index >= 15 is 0 Å². The standard InChI is InChI=1S/C25H29NO4/c1-3-4-9-26-10-8-25-18-5-6-20(27)24(25)30-23-21(28-2)13-16(15-7-11-29-14-15)17(22(23)25)12-19(18)26/h7,11,13-14,18-19,24H,3-6,8-10,12H2,1-2H3/t18?,19?,24?,25-/m1/s1. The van der Waals surface area contributed by atoms with Crippen LogP contribution in [0.15, 0.2) is 29.1 Å². The maximum absolute atomic E-state index is 13.1. The molecule has 1 spiro atoms. The average molecular weight is 408 g/mol. The SMILES string of the molecule is CCCCN1CC[C@@]23c4c5c(-c6ccoc6)cc(OC)c4OC2C(=O)CCC3C1C5. The van der Waals surface area contributed by atoms with Gasteiger partial charge in [0.15, 0.2) is 23.4 Å². The first-order valence-electron chi connectivity index (χ1n) is 11.4. The molecule has 2 bridgehead atoms. The number of Topliss-reactive ketones (excluding diaryl/α,β-unsaturated/α-hetero) is 1. The van der Waals surface area contributed by atoms with Crippen molar-refractivity contribution in [2.45, 2.75) is 63.0 Å². The van der Waals surface area contributed by atoms with Gasteiger partial charge in [-0.3, -0.25) is 9.69 Å². The van der Waals surface area contributed by atoms with Crippen LogP contribution < -0.4 is 9.47 Å². The minimum atomic E-state index is -0.352. The lowest BCUT2D eigenvalue weighted by Gasteiger charge is -2.58. The number of hydrogen-bond acceptors (Lipinski definition) is 5. The van der Waals surface area contributed by atoms with E-state index in [1.54, 1.807) is 13.4 Å². The van der Waals surface area contributed by atoms with Crippen molar-refractivity contribution in [1.29, 1.82) is 0 Å². The van der Waals surface area contributed by atoms with Gasteiger partial charge in [-0.2, -0.15) is 0 Å². The summed E-state index contributed by atoms with van der Waals surface area (Å²) in [5.41, 5.74) is 4.66. The Morgan fingerprint density at radius 3 is 3.03 bits per heavy atom. The second kappa shape index (κ2) is 6.61. The molecule has 2 aliphatic heterocycles. The predicted octanol–water partition coefficient (Wildman–Crippen LogP) is 4.36. The summed E-state index contributed by atoms with van der Waals surface area (Å²) in [6.07, 6.45) is 9.23. The van der Waals surface area contributed by atoms with E-state index in [4.69, 9.17) is 13.9 Å². The summed E-state index contributed by atoms with van der Waals surface area (Å²) in [5.74, 6) is 2.31. The summed E-state index contributed by atoms with van der Waals surface area (Å²) in [4.78, 5) is 15.8. The van der Waals surface area contributed by atoms with Crippen LogP contribution in [0.3, 0.4) is 0 Å². The summed E-state index contributed by atoms with van der Waals surface area (Å²) < 4.78 is 17.7. The van der Waals surface area contributed by atoms with E-state index in [2.05, 4.69) is 17.9 Å². The number of hydrogen-bond donors (Lipinski definition) is 0. The van der Waals surface area contributed by atoms with Crippen LogP contribution in [0.5, 0.6) is 11.5 Å². The smallest absolute Gasteiger partial charge is 0.174 e. The van der Waals surface area contributed by atoms with Crippen molar-refractivity contribution in [2.75, 3.05) is 20.2 Å². The molecule has 3 unspecified atom stereocenters. The van der Waals surface area contributed by atoms with Crippen LogP contribution in [0.4, 0.5) is 0 Å². The Hall–Kier alpha value is -2.27. The first-order chi connectivity index (χ1) is 14.7. The first kappa shape index (κ1) is 18.5. The molecule has 5 heteroatoms. The van der Waals surface area contributed by atoms with Gasteiger partial charge in [0.25, 0.3) is 0 Å². The van der Waals surface area contributed by atoms with Gasteiger partial charge in [-0.25, -0.2) is 0 Å². The molecule has 0 radical (unpaired) electrons. The third kappa shape index (κ3) is 2.24. The number of furan rings is 1. The van der Waals surface area contributed by atoms with E-state index in [1.165, 1.54) is 29.5 Å². The van der Waals surface area contributed by atoms with Gasteiger partial charge in [-0.05, 0) is 68.0 Å². The van der Waals surface area contributed by atoms with E-state index < -0.39 is 0 Å². The Labute approximate surface area is 177 Å². The molecule has 158 valence electrons. The number of rotatable bonds is 5. The van der Waals surface area contributed by atoms with Gasteiger partial charge in [0.2, 0.25) is 0 Å². The average Bonchev–Trinajstić information content (AvgIpc) is 3.40. The number of ether oxygens (including phenoxy) is 2. The van der Waals surface area contributed by atoms with E-state index in [-0.39, 0.29) is 17.3 Å². The number of methoxy groups -OCH3 is 1. The lowest BCUT2D eigenvalue weighted by molar-refractivity contribution is -0.138. The molecule has 3 heterocycles. The van der Waals surface area contributed by atoms with E-state index in [1.807, 2.05) is 12.3 Å². The molecule has 30 heavy (non-hydrogen) atoms. The second-order valence-electron chi connectivity index (χ2n) is 9.38. The molecule has 2 fully saturated rings. The van der Waals surface area contributed by atoms with Crippen LogP contribution in [0, 0.1) is 5.92 Å². The van der Waals surface area contributed by atoms with Crippen LogP contribution in [-0.2, 0) is 16.6 Å². The minimum Gasteiger partial charge on any atom is -0.493 e. The van der Waals surface area contributed by atoms with Gasteiger partial charge < -0.3 is 13.9 Å². The van der Waals surface area contributed by atoms with Crippen molar-refractivity contribution in [3.63, 3.8) is 0 Å². The zero-order valence-corrected chi connectivity index (χ0v) is 17.8. The molecule has 1 saturated heterocycles. The number of unbranched alkanes of at least 4 members (excludes halogenated alkanes) is 1. The maximum Gasteiger partial charge on any atom is 0.174 e. The Bertz CT molecular complexity index is 997. The van der Waals surface area contributed by atoms with Gasteiger partial charge in [0.1, 0.15) is 0 Å². The van der Waals surface area contributed by atoms with Crippen molar-refractivity contribution < 1.29 is 18.7 Å². The van der Waals surface area contributed by atoms with Gasteiger partial charge in [0, 0.05) is 29.0 Å². The third-order valence-electron chi connectivity index (χ3n) is 8.19. The van der Waals surface area contributed by atoms with Crippen LogP contribution in [0.2, 0.25) is 0 Å². The number of benzene rings is 1. The molecule has 1 aromatic heterocycles. The van der Waals surface area contributed by atoms with Crippen molar-refractivity contribution in [3.8, 4) is 22.6 Å². The monoisotopic (exact) mass is 407 g/mol. The Morgan fingerprint density at radius 2 is 2.27 bits per heavy atom. The largest absolute Gasteiger partial charge is 0.493 e. The van der Waals surface area contributed by atoms with Crippen molar-refractivity contribution >= 4 is 5.78 Å². The number of nitrogens with zero attached hydrogens (tertiary/aromatic N) is 1. The Balaban J connectivity index is 1.59. The second-order valence-corrected chi connectivity index (χ2v) is 9.38. The predicted molar refractivity (Wildman–Crippen MR) is 113 cm³/mol. The topological polar surface area (TPSA) is 51.9 Å². The minimum absolute atomic E-state index is 0.196. The number of likely N-dealkylation sites (tertiary alicyclic amines) is 1. The highest BCUT2D eigenvalue weighted by Gasteiger charge is 2.66. The van der Waals surface area contributed by atoms with Gasteiger partial charge in [-0.15, -0.1) is 0 Å². The molecule has 4 atom stereocenters. The number of piperidine rings is 1. The van der Waals surface area contributed by atoms with Crippen LogP contribution >= 0.6 is 0 Å². The van der Waals surface area contributed by atoms with Crippen molar-refractivity contribution in [2.24, 2.45) is 5.92 Å². The van der Waals surface area contributed by atoms with Crippen molar-refractivity contribution in [1.82, 2.24) is 4.90 Å². The third-order valence-corrected chi connectivity index (χ3v) is 8.19. The number of ketones is 1. The normalized spacial score (nSPS) is 31.4. The molecule has 0 amide bonds.